The molecule has 0 radical (unpaired) electrons. The molecular formula is C29H33N3O5. The van der Waals surface area contributed by atoms with Crippen molar-refractivity contribution in [2.45, 2.75) is 44.8 Å². The summed E-state index contributed by atoms with van der Waals surface area (Å²) < 4.78 is 17.1. The minimum atomic E-state index is -0.347. The second-order valence-electron chi connectivity index (χ2n) is 9.69. The van der Waals surface area contributed by atoms with Gasteiger partial charge in [-0.1, -0.05) is 47.6 Å². The van der Waals surface area contributed by atoms with Gasteiger partial charge in [0.1, 0.15) is 18.1 Å². The normalized spacial score (nSPS) is 17.9. The van der Waals surface area contributed by atoms with Crippen molar-refractivity contribution in [3.63, 3.8) is 0 Å². The maximum absolute atomic E-state index is 13.6. The fourth-order valence-electron chi connectivity index (χ4n) is 5.04. The van der Waals surface area contributed by atoms with Crippen molar-refractivity contribution in [3.8, 4) is 5.75 Å². The zero-order chi connectivity index (χ0) is 25.6. The zero-order valence-corrected chi connectivity index (χ0v) is 21.2. The molecule has 1 saturated heterocycles. The van der Waals surface area contributed by atoms with E-state index >= 15 is 0 Å². The predicted octanol–water partition coefficient (Wildman–Crippen LogP) is 3.67. The maximum atomic E-state index is 13.6. The molecule has 0 saturated carbocycles. The van der Waals surface area contributed by atoms with Gasteiger partial charge in [-0.2, -0.15) is 0 Å². The molecule has 3 aromatic rings. The lowest BCUT2D eigenvalue weighted by Crippen LogP contribution is -2.40. The highest BCUT2D eigenvalue weighted by molar-refractivity contribution is 5.96. The van der Waals surface area contributed by atoms with Gasteiger partial charge in [0.05, 0.1) is 19.8 Å². The van der Waals surface area contributed by atoms with Crippen LogP contribution >= 0.6 is 0 Å². The van der Waals surface area contributed by atoms with Crippen molar-refractivity contribution in [2.75, 3.05) is 33.3 Å². The summed E-state index contributed by atoms with van der Waals surface area (Å²) in [6, 6.07) is 17.8. The molecule has 2 aliphatic rings. The Morgan fingerprint density at radius 2 is 1.86 bits per heavy atom. The highest BCUT2D eigenvalue weighted by Crippen LogP contribution is 2.26. The number of aromatic nitrogens is 1. The summed E-state index contributed by atoms with van der Waals surface area (Å²) in [5.74, 6) is 1.20. The monoisotopic (exact) mass is 503 g/mol. The smallest absolute Gasteiger partial charge is 0.276 e. The van der Waals surface area contributed by atoms with Crippen LogP contribution in [0.2, 0.25) is 0 Å². The van der Waals surface area contributed by atoms with Gasteiger partial charge in [-0.05, 0) is 48.9 Å². The van der Waals surface area contributed by atoms with E-state index in [-0.39, 0.29) is 24.5 Å². The van der Waals surface area contributed by atoms with Crippen LogP contribution in [0.15, 0.2) is 59.1 Å². The molecule has 2 aromatic carbocycles. The first kappa shape index (κ1) is 25.0. The second kappa shape index (κ2) is 11.6. The summed E-state index contributed by atoms with van der Waals surface area (Å²) in [7, 11) is 1.63. The number of benzene rings is 2. The molecule has 0 N–H and O–H groups in total. The number of carbonyl (C=O) groups is 2. The number of ether oxygens (including phenoxy) is 2. The van der Waals surface area contributed by atoms with Crippen LogP contribution in [0.3, 0.4) is 0 Å². The van der Waals surface area contributed by atoms with Crippen LogP contribution in [0.25, 0.3) is 0 Å². The summed E-state index contributed by atoms with van der Waals surface area (Å²) in [5.41, 5.74) is 3.36. The molecule has 0 spiro atoms. The van der Waals surface area contributed by atoms with Crippen molar-refractivity contribution in [1.29, 1.82) is 0 Å². The molecule has 1 unspecified atom stereocenters. The molecule has 8 nitrogen and oxygen atoms in total. The van der Waals surface area contributed by atoms with E-state index in [0.29, 0.717) is 31.9 Å². The lowest BCUT2D eigenvalue weighted by molar-refractivity contribution is -0.131. The molecule has 1 aliphatic carbocycles. The summed E-state index contributed by atoms with van der Waals surface area (Å²) in [6.07, 6.45) is 4.01. The molecule has 37 heavy (non-hydrogen) atoms. The predicted molar refractivity (Wildman–Crippen MR) is 137 cm³/mol. The van der Waals surface area contributed by atoms with E-state index in [4.69, 9.17) is 14.0 Å². The second-order valence-corrected chi connectivity index (χ2v) is 9.69. The number of hydrogen-bond acceptors (Lipinski definition) is 6. The third-order valence-electron chi connectivity index (χ3n) is 7.10. The maximum Gasteiger partial charge on any atom is 0.276 e. The van der Waals surface area contributed by atoms with Crippen molar-refractivity contribution in [2.24, 2.45) is 0 Å². The highest BCUT2D eigenvalue weighted by Gasteiger charge is 2.34. The van der Waals surface area contributed by atoms with Crippen molar-refractivity contribution < 1.29 is 23.6 Å². The van der Waals surface area contributed by atoms with Gasteiger partial charge in [0, 0.05) is 31.6 Å². The summed E-state index contributed by atoms with van der Waals surface area (Å²) in [6.45, 7) is 1.62. The minimum absolute atomic E-state index is 0.00568. The Morgan fingerprint density at radius 3 is 2.70 bits per heavy atom. The third kappa shape index (κ3) is 6.02. The molecule has 1 fully saturated rings. The Kier molecular flexibility index (Phi) is 7.84. The van der Waals surface area contributed by atoms with Gasteiger partial charge in [-0.3, -0.25) is 9.59 Å². The molecule has 0 bridgehead atoms. The van der Waals surface area contributed by atoms with Crippen LogP contribution in [0.5, 0.6) is 5.75 Å². The van der Waals surface area contributed by atoms with Gasteiger partial charge in [-0.25, -0.2) is 0 Å². The molecule has 1 aliphatic heterocycles. The van der Waals surface area contributed by atoms with Crippen molar-refractivity contribution in [1.82, 2.24) is 15.0 Å². The number of aryl methyl sites for hydroxylation is 1. The minimum Gasteiger partial charge on any atom is -0.497 e. The van der Waals surface area contributed by atoms with E-state index < -0.39 is 0 Å². The average molecular weight is 504 g/mol. The standard InChI is InChI=1S/C29H33N3O5/c1-35-23-11-7-10-22(16-23)20-36-24-17-31(15-14-21-8-3-2-4-9-21)27(33)19-32(18-24)29(34)28-25-12-5-6-13-26(25)37-30-28/h2-4,7-11,16,24H,5-6,12-15,17-20H2,1H3. The molecule has 2 amide bonds. The number of nitrogens with zero attached hydrogens (tertiary/aromatic N) is 3. The fraction of sp³-hybridized carbons (Fsp3) is 0.414. The number of rotatable bonds is 8. The van der Waals surface area contributed by atoms with E-state index in [0.717, 1.165) is 60.3 Å². The third-order valence-corrected chi connectivity index (χ3v) is 7.10. The first-order chi connectivity index (χ1) is 18.1. The van der Waals surface area contributed by atoms with Crippen molar-refractivity contribution >= 4 is 11.8 Å². The van der Waals surface area contributed by atoms with Gasteiger partial charge >= 0.3 is 0 Å². The number of carbonyl (C=O) groups excluding carboxylic acids is 2. The quantitative estimate of drug-likeness (QED) is 0.466. The average Bonchev–Trinajstić information content (AvgIpc) is 3.30. The topological polar surface area (TPSA) is 85.1 Å². The Labute approximate surface area is 217 Å². The van der Waals surface area contributed by atoms with Gasteiger partial charge in [-0.15, -0.1) is 0 Å². The fourth-order valence-corrected chi connectivity index (χ4v) is 5.04. The Hall–Kier alpha value is -3.65. The summed E-state index contributed by atoms with van der Waals surface area (Å²) >= 11 is 0. The lowest BCUT2D eigenvalue weighted by atomic mass is 9.96. The molecular weight excluding hydrogens is 470 g/mol. The van der Waals surface area contributed by atoms with Crippen LogP contribution in [0.1, 0.15) is 45.8 Å². The Balaban J connectivity index is 1.33. The zero-order valence-electron chi connectivity index (χ0n) is 21.2. The number of fused-ring (bicyclic) bond motifs is 1. The number of hydrogen-bond donors (Lipinski definition) is 0. The molecule has 5 rings (SSSR count). The van der Waals surface area contributed by atoms with Gasteiger partial charge in [0.25, 0.3) is 5.91 Å². The molecule has 2 heterocycles. The number of amides is 2. The van der Waals surface area contributed by atoms with E-state index in [1.807, 2.05) is 47.4 Å². The van der Waals surface area contributed by atoms with Crippen LogP contribution in [-0.4, -0.2) is 66.2 Å². The van der Waals surface area contributed by atoms with Gasteiger partial charge in [0.2, 0.25) is 5.91 Å². The van der Waals surface area contributed by atoms with E-state index in [2.05, 4.69) is 17.3 Å². The lowest BCUT2D eigenvalue weighted by Gasteiger charge is -2.25. The molecule has 8 heteroatoms. The van der Waals surface area contributed by atoms with Gasteiger partial charge in [0.15, 0.2) is 5.69 Å². The van der Waals surface area contributed by atoms with Crippen LogP contribution < -0.4 is 4.74 Å². The van der Waals surface area contributed by atoms with Crippen LogP contribution in [0, 0.1) is 0 Å². The largest absolute Gasteiger partial charge is 0.497 e. The Bertz CT molecular complexity index is 1230. The SMILES string of the molecule is COc1cccc(COC2CN(CCc3ccccc3)C(=O)CN(C(=O)c3noc4c3CCCC4)C2)c1. The van der Waals surface area contributed by atoms with Crippen LogP contribution in [-0.2, 0) is 35.4 Å². The van der Waals surface area contributed by atoms with Gasteiger partial charge < -0.3 is 23.8 Å². The first-order valence-electron chi connectivity index (χ1n) is 12.9. The Morgan fingerprint density at radius 1 is 1.05 bits per heavy atom. The number of methoxy groups -OCH3 is 1. The summed E-state index contributed by atoms with van der Waals surface area (Å²) in [4.78, 5) is 30.3. The molecule has 1 atom stereocenters. The van der Waals surface area contributed by atoms with E-state index in [1.54, 1.807) is 12.0 Å². The van der Waals surface area contributed by atoms with E-state index in [9.17, 15) is 9.59 Å². The molecule has 1 aromatic heterocycles. The highest BCUT2D eigenvalue weighted by atomic mass is 16.5. The first-order valence-corrected chi connectivity index (χ1v) is 12.9. The van der Waals surface area contributed by atoms with E-state index in [1.165, 1.54) is 0 Å². The molecule has 194 valence electrons. The van der Waals surface area contributed by atoms with Crippen molar-refractivity contribution in [3.05, 3.63) is 82.7 Å². The van der Waals surface area contributed by atoms with Crippen LogP contribution in [0.4, 0.5) is 0 Å². The summed E-state index contributed by atoms with van der Waals surface area (Å²) in [5, 5.41) is 4.12.